The topological polar surface area (TPSA) is 33.7 Å². The number of para-hydroxylation sites is 2. The second-order valence-electron chi connectivity index (χ2n) is 5.60. The van der Waals surface area contributed by atoms with Gasteiger partial charge in [-0.25, -0.2) is 0 Å². The van der Waals surface area contributed by atoms with E-state index in [1.165, 1.54) is 12.1 Å². The third-order valence-electron chi connectivity index (χ3n) is 4.04. The van der Waals surface area contributed by atoms with Crippen molar-refractivity contribution in [3.05, 3.63) is 24.3 Å². The van der Waals surface area contributed by atoms with E-state index in [4.69, 9.17) is 9.47 Å². The lowest BCUT2D eigenvalue weighted by Gasteiger charge is -2.25. The van der Waals surface area contributed by atoms with E-state index in [0.717, 1.165) is 58.2 Å². The molecule has 3 rings (SSSR count). The zero-order chi connectivity index (χ0) is 13.6. The van der Waals surface area contributed by atoms with Crippen LogP contribution in [0.25, 0.3) is 0 Å². The van der Waals surface area contributed by atoms with Gasteiger partial charge in [0.05, 0.1) is 18.9 Å². The number of benzene rings is 1. The Balaban J connectivity index is 1.66. The van der Waals surface area contributed by atoms with Gasteiger partial charge in [-0.05, 0) is 31.5 Å². The average Bonchev–Trinajstić information content (AvgIpc) is 2.86. The minimum absolute atomic E-state index is 0.550. The molecule has 2 heterocycles. The van der Waals surface area contributed by atoms with Gasteiger partial charge in [0.2, 0.25) is 0 Å². The van der Waals surface area contributed by atoms with Crippen molar-refractivity contribution in [1.29, 1.82) is 0 Å². The van der Waals surface area contributed by atoms with Crippen LogP contribution in [-0.2, 0) is 4.74 Å². The van der Waals surface area contributed by atoms with Crippen LogP contribution in [0.15, 0.2) is 24.3 Å². The van der Waals surface area contributed by atoms with Crippen molar-refractivity contribution in [3.63, 3.8) is 0 Å². The van der Waals surface area contributed by atoms with Gasteiger partial charge in [-0.1, -0.05) is 12.1 Å². The van der Waals surface area contributed by atoms with E-state index in [2.05, 4.69) is 34.5 Å². The molecule has 2 saturated heterocycles. The first kappa shape index (κ1) is 13.7. The zero-order valence-corrected chi connectivity index (χ0v) is 12.0. The van der Waals surface area contributed by atoms with Gasteiger partial charge in [-0.15, -0.1) is 0 Å². The molecule has 0 saturated carbocycles. The van der Waals surface area contributed by atoms with Gasteiger partial charge >= 0.3 is 0 Å². The molecule has 110 valence electrons. The van der Waals surface area contributed by atoms with Crippen molar-refractivity contribution in [1.82, 2.24) is 5.32 Å². The van der Waals surface area contributed by atoms with Gasteiger partial charge in [0.1, 0.15) is 5.75 Å². The Morgan fingerprint density at radius 1 is 1.25 bits per heavy atom. The number of anilines is 1. The molecule has 0 radical (unpaired) electrons. The highest BCUT2D eigenvalue weighted by Gasteiger charge is 2.18. The first-order valence-electron chi connectivity index (χ1n) is 7.69. The maximum Gasteiger partial charge on any atom is 0.142 e. The summed E-state index contributed by atoms with van der Waals surface area (Å²) in [5, 5.41) is 3.44. The summed E-state index contributed by atoms with van der Waals surface area (Å²) in [5.41, 5.74) is 1.23. The molecule has 0 aromatic heterocycles. The van der Waals surface area contributed by atoms with Gasteiger partial charge in [0.25, 0.3) is 0 Å². The summed E-state index contributed by atoms with van der Waals surface area (Å²) in [4.78, 5) is 2.43. The minimum Gasteiger partial charge on any atom is -0.491 e. The van der Waals surface area contributed by atoms with E-state index in [1.807, 2.05) is 0 Å². The molecular formula is C16H24N2O2. The van der Waals surface area contributed by atoms with Crippen LogP contribution in [0.4, 0.5) is 5.69 Å². The largest absolute Gasteiger partial charge is 0.491 e. The standard InChI is InChI=1S/C16H24N2O2/c1-2-5-16(20-13-14-6-11-19-12-14)15(4-1)18-9-3-7-17-8-10-18/h1-2,4-5,14,17H,3,6-13H2. The molecule has 1 aromatic carbocycles. The van der Waals surface area contributed by atoms with Crippen LogP contribution in [0.1, 0.15) is 12.8 Å². The van der Waals surface area contributed by atoms with E-state index in [1.54, 1.807) is 0 Å². The third kappa shape index (κ3) is 3.44. The summed E-state index contributed by atoms with van der Waals surface area (Å²) >= 11 is 0. The Labute approximate surface area is 121 Å². The fourth-order valence-electron chi connectivity index (χ4n) is 2.85. The molecule has 4 heteroatoms. The first-order chi connectivity index (χ1) is 9.93. The molecule has 0 amide bonds. The van der Waals surface area contributed by atoms with Crippen molar-refractivity contribution < 1.29 is 9.47 Å². The van der Waals surface area contributed by atoms with Crippen molar-refractivity contribution in [2.45, 2.75) is 12.8 Å². The fraction of sp³-hybridized carbons (Fsp3) is 0.625. The molecule has 0 bridgehead atoms. The van der Waals surface area contributed by atoms with Gasteiger partial charge in [-0.3, -0.25) is 0 Å². The second-order valence-corrected chi connectivity index (χ2v) is 5.60. The Bertz CT molecular complexity index is 411. The lowest BCUT2D eigenvalue weighted by atomic mass is 10.1. The lowest BCUT2D eigenvalue weighted by Crippen LogP contribution is -2.28. The van der Waals surface area contributed by atoms with Crippen molar-refractivity contribution in [2.24, 2.45) is 5.92 Å². The molecule has 2 fully saturated rings. The van der Waals surface area contributed by atoms with Crippen LogP contribution < -0.4 is 15.0 Å². The Kier molecular flexibility index (Phi) is 4.77. The molecule has 4 nitrogen and oxygen atoms in total. The monoisotopic (exact) mass is 276 g/mol. The average molecular weight is 276 g/mol. The van der Waals surface area contributed by atoms with Crippen molar-refractivity contribution in [3.8, 4) is 5.75 Å². The highest BCUT2D eigenvalue weighted by atomic mass is 16.5. The van der Waals surface area contributed by atoms with Crippen LogP contribution in [0.5, 0.6) is 5.75 Å². The molecule has 1 N–H and O–H groups in total. The van der Waals surface area contributed by atoms with Crippen molar-refractivity contribution in [2.75, 3.05) is 50.9 Å². The maximum absolute atomic E-state index is 6.07. The van der Waals surface area contributed by atoms with Gasteiger partial charge < -0.3 is 19.7 Å². The molecule has 0 aliphatic carbocycles. The van der Waals surface area contributed by atoms with Gasteiger partial charge in [-0.2, -0.15) is 0 Å². The molecule has 1 aromatic rings. The molecule has 0 spiro atoms. The molecule has 1 unspecified atom stereocenters. The van der Waals surface area contributed by atoms with E-state index >= 15 is 0 Å². The molecular weight excluding hydrogens is 252 g/mol. The summed E-state index contributed by atoms with van der Waals surface area (Å²) in [6.07, 6.45) is 2.31. The van der Waals surface area contributed by atoms with Gasteiger partial charge in [0.15, 0.2) is 0 Å². The van der Waals surface area contributed by atoms with Crippen LogP contribution in [0.2, 0.25) is 0 Å². The number of rotatable bonds is 4. The summed E-state index contributed by atoms with van der Waals surface area (Å²) in [7, 11) is 0. The second kappa shape index (κ2) is 6.95. The van der Waals surface area contributed by atoms with E-state index in [-0.39, 0.29) is 0 Å². The summed E-state index contributed by atoms with van der Waals surface area (Å²) in [6.45, 7) is 6.79. The van der Waals surface area contributed by atoms with E-state index < -0.39 is 0 Å². The Hall–Kier alpha value is -1.26. The highest BCUT2D eigenvalue weighted by molar-refractivity contribution is 5.58. The highest BCUT2D eigenvalue weighted by Crippen LogP contribution is 2.29. The zero-order valence-electron chi connectivity index (χ0n) is 12.0. The predicted octanol–water partition coefficient (Wildman–Crippen LogP) is 1.90. The SMILES string of the molecule is c1ccc(N2CCCNCC2)c(OCC2CCOC2)c1. The summed E-state index contributed by atoms with van der Waals surface area (Å²) < 4.78 is 11.5. The quantitative estimate of drug-likeness (QED) is 0.911. The van der Waals surface area contributed by atoms with Crippen LogP contribution in [-0.4, -0.2) is 46.0 Å². The first-order valence-corrected chi connectivity index (χ1v) is 7.69. The lowest BCUT2D eigenvalue weighted by molar-refractivity contribution is 0.167. The molecule has 2 aliphatic rings. The number of hydrogen-bond acceptors (Lipinski definition) is 4. The Morgan fingerprint density at radius 3 is 3.10 bits per heavy atom. The third-order valence-corrected chi connectivity index (χ3v) is 4.04. The minimum atomic E-state index is 0.550. The predicted molar refractivity (Wildman–Crippen MR) is 80.6 cm³/mol. The number of hydrogen-bond donors (Lipinski definition) is 1. The van der Waals surface area contributed by atoms with Crippen molar-refractivity contribution >= 4 is 5.69 Å². The van der Waals surface area contributed by atoms with Crippen LogP contribution in [0, 0.1) is 5.92 Å². The normalized spacial score (nSPS) is 23.6. The number of nitrogens with zero attached hydrogens (tertiary/aromatic N) is 1. The summed E-state index contributed by atoms with van der Waals surface area (Å²) in [5.74, 6) is 1.56. The summed E-state index contributed by atoms with van der Waals surface area (Å²) in [6, 6.07) is 8.41. The fourth-order valence-corrected chi connectivity index (χ4v) is 2.85. The molecule has 20 heavy (non-hydrogen) atoms. The van der Waals surface area contributed by atoms with Crippen LogP contribution >= 0.6 is 0 Å². The molecule has 2 aliphatic heterocycles. The maximum atomic E-state index is 6.07. The number of ether oxygens (including phenoxy) is 2. The smallest absolute Gasteiger partial charge is 0.142 e. The van der Waals surface area contributed by atoms with E-state index in [0.29, 0.717) is 5.92 Å². The van der Waals surface area contributed by atoms with Crippen LogP contribution in [0.3, 0.4) is 0 Å². The molecule has 1 atom stereocenters. The Morgan fingerprint density at radius 2 is 2.20 bits per heavy atom. The number of nitrogens with one attached hydrogen (secondary N) is 1. The van der Waals surface area contributed by atoms with Gasteiger partial charge in [0, 0.05) is 32.2 Å². The van der Waals surface area contributed by atoms with E-state index in [9.17, 15) is 0 Å².